The number of nitrogens with zero attached hydrogens (tertiary/aromatic N) is 2. The highest BCUT2D eigenvalue weighted by Crippen LogP contribution is 2.19. The molecule has 21 heavy (non-hydrogen) atoms. The Labute approximate surface area is 130 Å². The maximum Gasteiger partial charge on any atom is 0.0169 e. The summed E-state index contributed by atoms with van der Waals surface area (Å²) in [6, 6.07) is 11.8. The summed E-state index contributed by atoms with van der Waals surface area (Å²) in [5, 5.41) is 3.78. The molecule has 0 aromatic heterocycles. The predicted molar refractivity (Wildman–Crippen MR) is 90.9 cm³/mol. The van der Waals surface area contributed by atoms with Crippen molar-refractivity contribution in [3.8, 4) is 0 Å². The molecule has 3 atom stereocenters. The van der Waals surface area contributed by atoms with Crippen LogP contribution in [0.4, 0.5) is 0 Å². The SMILES string of the molecule is CC(CN1CCN(C)CC1)NC(C)C(C)c1ccccc1. The summed E-state index contributed by atoms with van der Waals surface area (Å²) in [6.45, 7) is 12.9. The monoisotopic (exact) mass is 289 g/mol. The molecule has 0 aliphatic carbocycles. The number of benzene rings is 1. The molecule has 1 aliphatic rings. The van der Waals surface area contributed by atoms with Gasteiger partial charge in [-0.1, -0.05) is 37.3 Å². The molecule has 3 nitrogen and oxygen atoms in total. The molecule has 118 valence electrons. The minimum absolute atomic E-state index is 0.495. The second-order valence-electron chi connectivity index (χ2n) is 6.66. The van der Waals surface area contributed by atoms with Gasteiger partial charge in [0, 0.05) is 44.8 Å². The van der Waals surface area contributed by atoms with Gasteiger partial charge in [-0.15, -0.1) is 0 Å². The van der Waals surface area contributed by atoms with Crippen molar-refractivity contribution in [2.45, 2.75) is 38.8 Å². The van der Waals surface area contributed by atoms with Crippen molar-refractivity contribution in [3.05, 3.63) is 35.9 Å². The molecule has 1 aliphatic heterocycles. The van der Waals surface area contributed by atoms with E-state index < -0.39 is 0 Å². The van der Waals surface area contributed by atoms with Gasteiger partial charge in [-0.2, -0.15) is 0 Å². The van der Waals surface area contributed by atoms with E-state index in [1.807, 2.05) is 0 Å². The molecule has 3 unspecified atom stereocenters. The number of likely N-dealkylation sites (N-methyl/N-ethyl adjacent to an activating group) is 1. The molecule has 2 rings (SSSR count). The molecule has 1 N–H and O–H groups in total. The first-order valence-electron chi connectivity index (χ1n) is 8.28. The lowest BCUT2D eigenvalue weighted by Gasteiger charge is -2.35. The molecule has 0 bridgehead atoms. The fourth-order valence-corrected chi connectivity index (χ4v) is 3.11. The van der Waals surface area contributed by atoms with Gasteiger partial charge in [0.05, 0.1) is 0 Å². The van der Waals surface area contributed by atoms with Crippen LogP contribution in [-0.4, -0.2) is 61.7 Å². The topological polar surface area (TPSA) is 18.5 Å². The third-order valence-electron chi connectivity index (χ3n) is 4.75. The summed E-state index contributed by atoms with van der Waals surface area (Å²) in [4.78, 5) is 4.99. The van der Waals surface area contributed by atoms with Crippen LogP contribution in [0.15, 0.2) is 30.3 Å². The van der Waals surface area contributed by atoms with Crippen LogP contribution in [0, 0.1) is 0 Å². The first-order valence-corrected chi connectivity index (χ1v) is 8.28. The van der Waals surface area contributed by atoms with E-state index in [2.05, 4.69) is 73.3 Å². The number of rotatable bonds is 6. The Hall–Kier alpha value is -0.900. The van der Waals surface area contributed by atoms with E-state index in [0.29, 0.717) is 18.0 Å². The van der Waals surface area contributed by atoms with E-state index in [1.165, 1.54) is 31.7 Å². The molecule has 1 aromatic carbocycles. The summed E-state index contributed by atoms with van der Waals surface area (Å²) < 4.78 is 0. The van der Waals surface area contributed by atoms with Crippen LogP contribution >= 0.6 is 0 Å². The van der Waals surface area contributed by atoms with Crippen molar-refractivity contribution in [2.24, 2.45) is 0 Å². The Bertz CT molecular complexity index is 398. The van der Waals surface area contributed by atoms with Crippen LogP contribution in [-0.2, 0) is 0 Å². The van der Waals surface area contributed by atoms with Gasteiger partial charge in [-0.05, 0) is 32.4 Å². The molecule has 0 radical (unpaired) electrons. The van der Waals surface area contributed by atoms with E-state index in [0.717, 1.165) is 6.54 Å². The third-order valence-corrected chi connectivity index (χ3v) is 4.75. The van der Waals surface area contributed by atoms with Crippen molar-refractivity contribution in [2.75, 3.05) is 39.8 Å². The minimum atomic E-state index is 0.495. The van der Waals surface area contributed by atoms with Gasteiger partial charge in [0.2, 0.25) is 0 Å². The second-order valence-corrected chi connectivity index (χ2v) is 6.66. The molecule has 0 saturated carbocycles. The van der Waals surface area contributed by atoms with Crippen LogP contribution < -0.4 is 5.32 Å². The highest BCUT2D eigenvalue weighted by Gasteiger charge is 2.19. The van der Waals surface area contributed by atoms with Gasteiger partial charge >= 0.3 is 0 Å². The zero-order valence-corrected chi connectivity index (χ0v) is 14.0. The van der Waals surface area contributed by atoms with Crippen LogP contribution in [0.3, 0.4) is 0 Å². The minimum Gasteiger partial charge on any atom is -0.310 e. The number of hydrogen-bond acceptors (Lipinski definition) is 3. The first-order chi connectivity index (χ1) is 10.1. The third kappa shape index (κ3) is 5.10. The Balaban J connectivity index is 1.78. The maximum atomic E-state index is 3.78. The summed E-state index contributed by atoms with van der Waals surface area (Å²) in [5.41, 5.74) is 1.42. The highest BCUT2D eigenvalue weighted by atomic mass is 15.3. The molecule has 0 spiro atoms. The molecule has 1 aromatic rings. The Morgan fingerprint density at radius 3 is 2.24 bits per heavy atom. The van der Waals surface area contributed by atoms with Gasteiger partial charge in [0.25, 0.3) is 0 Å². The fraction of sp³-hybridized carbons (Fsp3) is 0.667. The average Bonchev–Trinajstić information content (AvgIpc) is 2.49. The van der Waals surface area contributed by atoms with E-state index in [1.54, 1.807) is 0 Å². The van der Waals surface area contributed by atoms with Gasteiger partial charge in [-0.3, -0.25) is 4.90 Å². The maximum absolute atomic E-state index is 3.78. The van der Waals surface area contributed by atoms with Gasteiger partial charge < -0.3 is 10.2 Å². The quantitative estimate of drug-likeness (QED) is 0.867. The lowest BCUT2D eigenvalue weighted by Crippen LogP contribution is -2.50. The summed E-state index contributed by atoms with van der Waals surface area (Å²) >= 11 is 0. The van der Waals surface area contributed by atoms with Crippen LogP contribution in [0.2, 0.25) is 0 Å². The summed E-state index contributed by atoms with van der Waals surface area (Å²) in [5.74, 6) is 0.543. The molecule has 0 amide bonds. The highest BCUT2D eigenvalue weighted by molar-refractivity contribution is 5.20. The molecule has 3 heteroatoms. The second kappa shape index (κ2) is 7.92. The van der Waals surface area contributed by atoms with Gasteiger partial charge in [0.15, 0.2) is 0 Å². The van der Waals surface area contributed by atoms with E-state index in [-0.39, 0.29) is 0 Å². The lowest BCUT2D eigenvalue weighted by molar-refractivity contribution is 0.142. The Morgan fingerprint density at radius 1 is 1.00 bits per heavy atom. The molecule has 1 saturated heterocycles. The van der Waals surface area contributed by atoms with Gasteiger partial charge in [-0.25, -0.2) is 0 Å². The van der Waals surface area contributed by atoms with Crippen molar-refractivity contribution in [3.63, 3.8) is 0 Å². The molecule has 1 fully saturated rings. The van der Waals surface area contributed by atoms with Gasteiger partial charge in [0.1, 0.15) is 0 Å². The lowest BCUT2D eigenvalue weighted by atomic mass is 9.94. The summed E-state index contributed by atoms with van der Waals surface area (Å²) in [7, 11) is 2.21. The molecule has 1 heterocycles. The largest absolute Gasteiger partial charge is 0.310 e. The predicted octanol–water partition coefficient (Wildman–Crippen LogP) is 2.40. The van der Waals surface area contributed by atoms with E-state index >= 15 is 0 Å². The fourth-order valence-electron chi connectivity index (χ4n) is 3.11. The standard InChI is InChI=1S/C18H31N3/c1-15(14-21-12-10-20(4)11-13-21)19-17(3)16(2)18-8-6-5-7-9-18/h5-9,15-17,19H,10-14H2,1-4H3. The van der Waals surface area contributed by atoms with Crippen LogP contribution in [0.1, 0.15) is 32.3 Å². The number of piperazine rings is 1. The average molecular weight is 289 g/mol. The van der Waals surface area contributed by atoms with E-state index in [9.17, 15) is 0 Å². The normalized spacial score (nSPS) is 21.9. The molecular formula is C18H31N3. The Morgan fingerprint density at radius 2 is 1.62 bits per heavy atom. The smallest absolute Gasteiger partial charge is 0.0169 e. The van der Waals surface area contributed by atoms with Crippen LogP contribution in [0.25, 0.3) is 0 Å². The zero-order valence-electron chi connectivity index (χ0n) is 14.0. The molecular weight excluding hydrogens is 258 g/mol. The Kier molecular flexibility index (Phi) is 6.22. The van der Waals surface area contributed by atoms with Crippen molar-refractivity contribution >= 4 is 0 Å². The van der Waals surface area contributed by atoms with E-state index in [4.69, 9.17) is 0 Å². The summed E-state index contributed by atoms with van der Waals surface area (Å²) in [6.07, 6.45) is 0. The van der Waals surface area contributed by atoms with Crippen molar-refractivity contribution in [1.29, 1.82) is 0 Å². The van der Waals surface area contributed by atoms with Crippen LogP contribution in [0.5, 0.6) is 0 Å². The number of hydrogen-bond donors (Lipinski definition) is 1. The zero-order chi connectivity index (χ0) is 15.2. The van der Waals surface area contributed by atoms with Crippen molar-refractivity contribution < 1.29 is 0 Å². The number of nitrogens with one attached hydrogen (secondary N) is 1. The first kappa shape index (κ1) is 16.5. The van der Waals surface area contributed by atoms with Crippen molar-refractivity contribution in [1.82, 2.24) is 15.1 Å².